The minimum atomic E-state index is -3.82. The van der Waals surface area contributed by atoms with Crippen molar-refractivity contribution >= 4 is 33.3 Å². The summed E-state index contributed by atoms with van der Waals surface area (Å²) in [5.74, 6) is -0.319. The minimum absolute atomic E-state index is 0.135. The molecule has 0 saturated heterocycles. The van der Waals surface area contributed by atoms with E-state index in [1.54, 1.807) is 79.7 Å². The molecule has 0 atom stereocenters. The van der Waals surface area contributed by atoms with Gasteiger partial charge in [-0.1, -0.05) is 53.6 Å². The fourth-order valence-corrected chi connectivity index (χ4v) is 4.65. The summed E-state index contributed by atoms with van der Waals surface area (Å²) in [6, 6.07) is 20.7. The van der Waals surface area contributed by atoms with Gasteiger partial charge in [-0.25, -0.2) is 8.42 Å². The lowest BCUT2D eigenvalue weighted by Gasteiger charge is -2.25. The zero-order valence-electron chi connectivity index (χ0n) is 17.4. The van der Waals surface area contributed by atoms with Crippen LogP contribution >= 0.6 is 11.6 Å². The van der Waals surface area contributed by atoms with Crippen molar-refractivity contribution in [3.05, 3.63) is 94.5 Å². The molecule has 3 aromatic carbocycles. The van der Waals surface area contributed by atoms with E-state index in [1.165, 1.54) is 4.31 Å². The Kier molecular flexibility index (Phi) is 7.36. The molecule has 0 amide bonds. The molecule has 0 saturated carbocycles. The third-order valence-electron chi connectivity index (χ3n) is 4.73. The van der Waals surface area contributed by atoms with E-state index in [2.05, 4.69) is 0 Å². The van der Waals surface area contributed by atoms with Crippen LogP contribution in [0, 0.1) is 6.92 Å². The van der Waals surface area contributed by atoms with E-state index in [9.17, 15) is 13.2 Å². The molecular formula is C24H24ClNO4S. The number of aryl methyl sites for hydroxylation is 1. The first-order chi connectivity index (χ1) is 14.8. The molecule has 0 aliphatic carbocycles. The SMILES string of the molecule is CCOC(=O)Cc1ccc(N(Cc2ccc(Cl)cc2)S(=O)(=O)c2ccc(C)cc2)cc1. The normalized spacial score (nSPS) is 11.2. The Labute approximate surface area is 188 Å². The molecule has 0 radical (unpaired) electrons. The van der Waals surface area contributed by atoms with Gasteiger partial charge in [0, 0.05) is 5.02 Å². The number of ether oxygens (including phenoxy) is 1. The van der Waals surface area contributed by atoms with Gasteiger partial charge in [0.05, 0.1) is 30.2 Å². The van der Waals surface area contributed by atoms with Gasteiger partial charge >= 0.3 is 5.97 Å². The lowest BCUT2D eigenvalue weighted by atomic mass is 10.1. The van der Waals surface area contributed by atoms with Gasteiger partial charge in [-0.15, -0.1) is 0 Å². The Hall–Kier alpha value is -2.83. The van der Waals surface area contributed by atoms with E-state index in [4.69, 9.17) is 16.3 Å². The Morgan fingerprint density at radius 1 is 0.903 bits per heavy atom. The number of carbonyl (C=O) groups excluding carboxylic acids is 1. The second-order valence-corrected chi connectivity index (χ2v) is 9.40. The molecule has 0 bridgehead atoms. The molecule has 162 valence electrons. The van der Waals surface area contributed by atoms with E-state index in [1.807, 2.05) is 6.92 Å². The number of nitrogens with zero attached hydrogens (tertiary/aromatic N) is 1. The maximum atomic E-state index is 13.5. The highest BCUT2D eigenvalue weighted by atomic mass is 35.5. The summed E-state index contributed by atoms with van der Waals surface area (Å²) < 4.78 is 33.3. The Morgan fingerprint density at radius 2 is 1.48 bits per heavy atom. The smallest absolute Gasteiger partial charge is 0.310 e. The summed E-state index contributed by atoms with van der Waals surface area (Å²) in [5, 5.41) is 0.583. The van der Waals surface area contributed by atoms with Crippen molar-refractivity contribution in [2.75, 3.05) is 10.9 Å². The van der Waals surface area contributed by atoms with Crippen LogP contribution in [-0.2, 0) is 32.5 Å². The second kappa shape index (κ2) is 9.98. The number of benzene rings is 3. The fourth-order valence-electron chi connectivity index (χ4n) is 3.07. The van der Waals surface area contributed by atoms with Crippen LogP contribution in [0.1, 0.15) is 23.6 Å². The summed E-state index contributed by atoms with van der Waals surface area (Å²) in [7, 11) is -3.82. The van der Waals surface area contributed by atoms with Gasteiger partial charge in [-0.3, -0.25) is 9.10 Å². The predicted molar refractivity (Wildman–Crippen MR) is 123 cm³/mol. The summed E-state index contributed by atoms with van der Waals surface area (Å²) in [5.41, 5.74) is 3.03. The van der Waals surface area contributed by atoms with Gasteiger partial charge in [-0.05, 0) is 61.4 Å². The van der Waals surface area contributed by atoms with Crippen molar-refractivity contribution in [3.63, 3.8) is 0 Å². The topological polar surface area (TPSA) is 63.7 Å². The first-order valence-electron chi connectivity index (χ1n) is 9.88. The Bertz CT molecular complexity index is 1130. The van der Waals surface area contributed by atoms with Crippen molar-refractivity contribution in [1.29, 1.82) is 0 Å². The van der Waals surface area contributed by atoms with Crippen LogP contribution < -0.4 is 4.31 Å². The van der Waals surface area contributed by atoms with Gasteiger partial charge in [0.15, 0.2) is 0 Å². The van der Waals surface area contributed by atoms with Gasteiger partial charge in [-0.2, -0.15) is 0 Å². The predicted octanol–water partition coefficient (Wildman–Crippen LogP) is 5.15. The average Bonchev–Trinajstić information content (AvgIpc) is 2.74. The maximum Gasteiger partial charge on any atom is 0.310 e. The third kappa shape index (κ3) is 5.87. The number of rotatable bonds is 8. The second-order valence-electron chi connectivity index (χ2n) is 7.10. The lowest BCUT2D eigenvalue weighted by Crippen LogP contribution is -2.30. The zero-order valence-corrected chi connectivity index (χ0v) is 19.0. The van der Waals surface area contributed by atoms with Crippen LogP contribution in [0.5, 0.6) is 0 Å². The number of sulfonamides is 1. The number of hydrogen-bond donors (Lipinski definition) is 0. The molecule has 5 nitrogen and oxygen atoms in total. The van der Waals surface area contributed by atoms with Crippen LogP contribution in [-0.4, -0.2) is 21.0 Å². The monoisotopic (exact) mass is 457 g/mol. The lowest BCUT2D eigenvalue weighted by molar-refractivity contribution is -0.142. The highest BCUT2D eigenvalue weighted by Crippen LogP contribution is 2.27. The van der Waals surface area contributed by atoms with Crippen molar-refractivity contribution in [3.8, 4) is 0 Å². The molecule has 0 fully saturated rings. The minimum Gasteiger partial charge on any atom is -0.466 e. The highest BCUT2D eigenvalue weighted by molar-refractivity contribution is 7.92. The molecule has 3 rings (SSSR count). The zero-order chi connectivity index (χ0) is 22.4. The van der Waals surface area contributed by atoms with Crippen LogP contribution in [0.15, 0.2) is 77.7 Å². The Balaban J connectivity index is 1.96. The molecule has 0 spiro atoms. The molecule has 3 aromatic rings. The van der Waals surface area contributed by atoms with Crippen molar-refractivity contribution in [2.45, 2.75) is 31.7 Å². The molecule has 0 N–H and O–H groups in total. The van der Waals surface area contributed by atoms with Crippen LogP contribution in [0.25, 0.3) is 0 Å². The van der Waals surface area contributed by atoms with Crippen LogP contribution in [0.3, 0.4) is 0 Å². The largest absolute Gasteiger partial charge is 0.466 e. The van der Waals surface area contributed by atoms with Gasteiger partial charge < -0.3 is 4.74 Å². The summed E-state index contributed by atoms with van der Waals surface area (Å²) in [4.78, 5) is 11.9. The molecular weight excluding hydrogens is 434 g/mol. The molecule has 7 heteroatoms. The third-order valence-corrected chi connectivity index (χ3v) is 6.77. The quantitative estimate of drug-likeness (QED) is 0.439. The molecule has 0 aliphatic rings. The number of halogens is 1. The van der Waals surface area contributed by atoms with Gasteiger partial charge in [0.25, 0.3) is 10.0 Å². The van der Waals surface area contributed by atoms with Crippen LogP contribution in [0.4, 0.5) is 5.69 Å². The molecule has 0 aromatic heterocycles. The Morgan fingerprint density at radius 3 is 2.06 bits per heavy atom. The number of carbonyl (C=O) groups is 1. The number of esters is 1. The highest BCUT2D eigenvalue weighted by Gasteiger charge is 2.25. The van der Waals surface area contributed by atoms with Crippen molar-refractivity contribution < 1.29 is 17.9 Å². The van der Waals surface area contributed by atoms with E-state index in [0.717, 1.165) is 16.7 Å². The first-order valence-corrected chi connectivity index (χ1v) is 11.7. The summed E-state index contributed by atoms with van der Waals surface area (Å²) >= 11 is 5.98. The number of hydrogen-bond acceptors (Lipinski definition) is 4. The molecule has 0 aliphatic heterocycles. The molecule has 31 heavy (non-hydrogen) atoms. The van der Waals surface area contributed by atoms with E-state index in [-0.39, 0.29) is 23.8 Å². The van der Waals surface area contributed by atoms with Crippen molar-refractivity contribution in [2.24, 2.45) is 0 Å². The maximum absolute atomic E-state index is 13.5. The average molecular weight is 458 g/mol. The van der Waals surface area contributed by atoms with E-state index < -0.39 is 10.0 Å². The number of anilines is 1. The molecule has 0 heterocycles. The van der Waals surface area contributed by atoms with Gasteiger partial charge in [0.1, 0.15) is 0 Å². The molecule has 0 unspecified atom stereocenters. The standard InChI is InChI=1S/C24H24ClNO4S/c1-3-30-24(27)16-19-8-12-22(13-9-19)26(17-20-6-10-21(25)11-7-20)31(28,29)23-14-4-18(2)5-15-23/h4-15H,3,16-17H2,1-2H3. The van der Waals surface area contributed by atoms with E-state index in [0.29, 0.717) is 17.3 Å². The fraction of sp³-hybridized carbons (Fsp3) is 0.208. The van der Waals surface area contributed by atoms with Crippen LogP contribution in [0.2, 0.25) is 5.02 Å². The summed E-state index contributed by atoms with van der Waals surface area (Å²) in [6.07, 6.45) is 0.135. The first kappa shape index (κ1) is 22.8. The summed E-state index contributed by atoms with van der Waals surface area (Å²) in [6.45, 7) is 4.13. The van der Waals surface area contributed by atoms with Gasteiger partial charge in [0.2, 0.25) is 0 Å². The van der Waals surface area contributed by atoms with E-state index >= 15 is 0 Å². The van der Waals surface area contributed by atoms with Crippen molar-refractivity contribution in [1.82, 2.24) is 0 Å².